The van der Waals surface area contributed by atoms with E-state index in [1.54, 1.807) is 0 Å². The molecule has 34 heavy (non-hydrogen) atoms. The van der Waals surface area contributed by atoms with Crippen LogP contribution in [0.1, 0.15) is 16.6 Å². The first-order chi connectivity index (χ1) is 16.2. The second-order valence-corrected chi connectivity index (χ2v) is 12.7. The van der Waals surface area contributed by atoms with Crippen LogP contribution >= 0.6 is 35.1 Å². The smallest absolute Gasteiger partial charge is 0.344 e. The predicted octanol–water partition coefficient (Wildman–Crippen LogP) is 4.02. The first-order valence-corrected chi connectivity index (χ1v) is 14.2. The highest BCUT2D eigenvalue weighted by atomic mass is 35.5. The van der Waals surface area contributed by atoms with Gasteiger partial charge in [-0.05, 0) is 53.8 Å². The van der Waals surface area contributed by atoms with Crippen molar-refractivity contribution in [2.24, 2.45) is 0 Å². The van der Waals surface area contributed by atoms with Crippen molar-refractivity contribution in [1.29, 1.82) is 0 Å². The fourth-order valence-electron chi connectivity index (χ4n) is 2.89. The van der Waals surface area contributed by atoms with Crippen molar-refractivity contribution in [3.8, 4) is 5.75 Å². The molecule has 0 saturated carbocycles. The van der Waals surface area contributed by atoms with Crippen molar-refractivity contribution in [3.63, 3.8) is 0 Å². The fourth-order valence-corrected chi connectivity index (χ4v) is 6.88. The molecular weight excluding hydrogens is 520 g/mol. The van der Waals surface area contributed by atoms with E-state index >= 15 is 0 Å². The largest absolute Gasteiger partial charge is 0.482 e. The Bertz CT molecular complexity index is 1120. The molecule has 1 aliphatic rings. The van der Waals surface area contributed by atoms with Gasteiger partial charge in [-0.1, -0.05) is 23.7 Å². The quantitative estimate of drug-likeness (QED) is 0.472. The summed E-state index contributed by atoms with van der Waals surface area (Å²) < 4.78 is 36.4. The average molecular weight is 545 g/mol. The molecule has 0 bridgehead atoms. The minimum absolute atomic E-state index is 0.0331. The van der Waals surface area contributed by atoms with Crippen LogP contribution in [0.3, 0.4) is 0 Å². The molecule has 3 rings (SSSR count). The molecule has 0 spiro atoms. The highest BCUT2D eigenvalue weighted by Gasteiger charge is 2.20. The number of hydrogen-bond acceptors (Lipinski definition) is 8. The van der Waals surface area contributed by atoms with Crippen molar-refractivity contribution in [1.82, 2.24) is 4.31 Å². The fraction of sp³-hybridized carbons (Fsp3) is 0.364. The van der Waals surface area contributed by atoms with Gasteiger partial charge >= 0.3 is 5.97 Å². The van der Waals surface area contributed by atoms with E-state index in [1.165, 1.54) is 44.3 Å². The third kappa shape index (κ3) is 7.29. The molecule has 1 fully saturated rings. The van der Waals surface area contributed by atoms with Gasteiger partial charge in [-0.15, -0.1) is 23.5 Å². The lowest BCUT2D eigenvalue weighted by atomic mass is 10.2. The van der Waals surface area contributed by atoms with Gasteiger partial charge in [0.15, 0.2) is 13.2 Å². The zero-order chi connectivity index (χ0) is 24.7. The molecule has 0 unspecified atom stereocenters. The van der Waals surface area contributed by atoms with Gasteiger partial charge in [0, 0.05) is 14.1 Å². The van der Waals surface area contributed by atoms with Crippen LogP contribution < -0.4 is 10.1 Å². The highest BCUT2D eigenvalue weighted by molar-refractivity contribution is 8.16. The van der Waals surface area contributed by atoms with Gasteiger partial charge in [0.2, 0.25) is 10.0 Å². The summed E-state index contributed by atoms with van der Waals surface area (Å²) in [6.07, 6.45) is 1.23. The lowest BCUT2D eigenvalue weighted by molar-refractivity contribution is -0.149. The summed E-state index contributed by atoms with van der Waals surface area (Å²) in [5, 5.41) is 2.60. The highest BCUT2D eigenvalue weighted by Crippen LogP contribution is 2.43. The molecule has 1 N–H and O–H groups in total. The van der Waals surface area contributed by atoms with E-state index in [4.69, 9.17) is 21.1 Å². The molecule has 0 radical (unpaired) electrons. The summed E-state index contributed by atoms with van der Waals surface area (Å²) in [5.41, 5.74) is 1.30. The number of amides is 1. The second-order valence-electron chi connectivity index (χ2n) is 7.42. The number of sulfonamides is 1. The van der Waals surface area contributed by atoms with E-state index in [2.05, 4.69) is 5.32 Å². The number of hydrogen-bond donors (Lipinski definition) is 1. The monoisotopic (exact) mass is 544 g/mol. The van der Waals surface area contributed by atoms with Crippen LogP contribution in [-0.4, -0.2) is 63.4 Å². The summed E-state index contributed by atoms with van der Waals surface area (Å²) >= 11 is 9.91. The third-order valence-electron chi connectivity index (χ3n) is 4.69. The molecule has 12 heteroatoms. The van der Waals surface area contributed by atoms with Crippen LogP contribution in [-0.2, 0) is 24.3 Å². The number of esters is 1. The number of nitrogens with zero attached hydrogens (tertiary/aromatic N) is 1. The van der Waals surface area contributed by atoms with E-state index in [9.17, 15) is 18.0 Å². The van der Waals surface area contributed by atoms with Crippen molar-refractivity contribution in [3.05, 3.63) is 53.1 Å². The van der Waals surface area contributed by atoms with Gasteiger partial charge in [-0.25, -0.2) is 17.5 Å². The predicted molar refractivity (Wildman–Crippen MR) is 136 cm³/mol. The average Bonchev–Trinajstić information content (AvgIpc) is 2.83. The number of halogens is 1. The second kappa shape index (κ2) is 12.2. The van der Waals surface area contributed by atoms with Crippen LogP contribution in [0, 0.1) is 0 Å². The minimum atomic E-state index is -3.70. The van der Waals surface area contributed by atoms with E-state index in [-0.39, 0.29) is 22.2 Å². The Morgan fingerprint density at radius 2 is 1.76 bits per heavy atom. The zero-order valence-electron chi connectivity index (χ0n) is 18.7. The van der Waals surface area contributed by atoms with E-state index in [1.807, 2.05) is 47.8 Å². The Kier molecular flexibility index (Phi) is 9.55. The maximum atomic E-state index is 12.3. The number of thioether (sulfide) groups is 2. The summed E-state index contributed by atoms with van der Waals surface area (Å²) in [7, 11) is -0.910. The molecule has 2 aromatic rings. The Labute approximate surface area is 212 Å². The number of carbonyl (C=O) groups is 2. The van der Waals surface area contributed by atoms with Crippen molar-refractivity contribution < 1.29 is 27.5 Å². The lowest BCUT2D eigenvalue weighted by Crippen LogP contribution is -2.24. The maximum Gasteiger partial charge on any atom is 0.344 e. The maximum absolute atomic E-state index is 12.3. The molecular formula is C22H25ClN2O6S3. The van der Waals surface area contributed by atoms with Gasteiger partial charge in [-0.3, -0.25) is 4.79 Å². The number of ether oxygens (including phenoxy) is 2. The number of nitrogens with one attached hydrogen (secondary N) is 1. The van der Waals surface area contributed by atoms with Crippen molar-refractivity contribution >= 4 is 62.7 Å². The van der Waals surface area contributed by atoms with Gasteiger partial charge in [0.25, 0.3) is 5.91 Å². The number of anilines is 1. The van der Waals surface area contributed by atoms with Crippen LogP contribution in [0.25, 0.3) is 0 Å². The Morgan fingerprint density at radius 1 is 1.09 bits per heavy atom. The topological polar surface area (TPSA) is 102 Å². The number of rotatable bonds is 9. The molecule has 0 atom stereocenters. The summed E-state index contributed by atoms with van der Waals surface area (Å²) in [5.74, 6) is 1.46. The Morgan fingerprint density at radius 3 is 2.41 bits per heavy atom. The van der Waals surface area contributed by atoms with E-state index < -0.39 is 28.5 Å². The summed E-state index contributed by atoms with van der Waals surface area (Å²) in [4.78, 5) is 24.1. The van der Waals surface area contributed by atoms with E-state index in [0.717, 1.165) is 15.8 Å². The number of benzene rings is 2. The number of carbonyl (C=O) groups excluding carboxylic acids is 2. The molecule has 2 aromatic carbocycles. The Hall–Kier alpha value is -1.92. The van der Waals surface area contributed by atoms with Gasteiger partial charge < -0.3 is 14.8 Å². The van der Waals surface area contributed by atoms with Crippen molar-refractivity contribution in [2.75, 3.05) is 44.1 Å². The van der Waals surface area contributed by atoms with Crippen LogP contribution in [0.5, 0.6) is 5.75 Å². The lowest BCUT2D eigenvalue weighted by Gasteiger charge is -2.21. The zero-order valence-corrected chi connectivity index (χ0v) is 21.9. The standard InChI is InChI=1S/C22H25ClN2O6S3/c1-25(2)34(28,29)17-8-9-18(23)19(12-17)24-20(26)13-31-21(27)14-30-16-6-4-15(5-7-16)22-32-10-3-11-33-22/h4-9,12,22H,3,10-11,13-14H2,1-2H3,(H,24,26). The summed E-state index contributed by atoms with van der Waals surface area (Å²) in [6.45, 7) is -0.922. The molecule has 1 amide bonds. The molecule has 184 valence electrons. The third-order valence-corrected chi connectivity index (χ3v) is 9.85. The Balaban J connectivity index is 1.46. The molecule has 0 aromatic heterocycles. The van der Waals surface area contributed by atoms with Gasteiger partial charge in [-0.2, -0.15) is 0 Å². The SMILES string of the molecule is CN(C)S(=O)(=O)c1ccc(Cl)c(NC(=O)COC(=O)COc2ccc(C3SCCCS3)cc2)c1. The van der Waals surface area contributed by atoms with Crippen LogP contribution in [0.4, 0.5) is 5.69 Å². The molecule has 8 nitrogen and oxygen atoms in total. The molecule has 0 aliphatic carbocycles. The first kappa shape index (κ1) is 26.7. The van der Waals surface area contributed by atoms with Gasteiger partial charge in [0.1, 0.15) is 5.75 Å². The van der Waals surface area contributed by atoms with Crippen molar-refractivity contribution in [2.45, 2.75) is 15.9 Å². The van der Waals surface area contributed by atoms with E-state index in [0.29, 0.717) is 10.3 Å². The molecule has 1 heterocycles. The van der Waals surface area contributed by atoms with Crippen LogP contribution in [0.2, 0.25) is 5.02 Å². The normalized spacial score (nSPS) is 14.6. The molecule has 1 aliphatic heterocycles. The minimum Gasteiger partial charge on any atom is -0.482 e. The summed E-state index contributed by atoms with van der Waals surface area (Å²) in [6, 6.07) is 11.5. The van der Waals surface area contributed by atoms with Crippen LogP contribution in [0.15, 0.2) is 47.4 Å². The van der Waals surface area contributed by atoms with Gasteiger partial charge in [0.05, 0.1) is 20.2 Å². The first-order valence-electron chi connectivity index (χ1n) is 10.3. The molecule has 1 saturated heterocycles.